The van der Waals surface area contributed by atoms with Gasteiger partial charge in [0.15, 0.2) is 0 Å². The lowest BCUT2D eigenvalue weighted by molar-refractivity contribution is 0.0604. The van der Waals surface area contributed by atoms with Crippen LogP contribution in [-0.4, -0.2) is 27.2 Å². The SMILES string of the molecule is C[C@]12CCC3c4ccc(O)cc4CCC3C1CC[C@@H]2S(=O)(=O)Oc1cccc(S(N)(=O)=O)c1. The van der Waals surface area contributed by atoms with Crippen molar-refractivity contribution >= 4 is 20.1 Å². The van der Waals surface area contributed by atoms with E-state index in [1.165, 1.54) is 29.3 Å². The summed E-state index contributed by atoms with van der Waals surface area (Å²) in [6, 6.07) is 11.0. The van der Waals surface area contributed by atoms with Crippen LogP contribution < -0.4 is 9.32 Å². The highest BCUT2D eigenvalue weighted by Gasteiger charge is 2.59. The third kappa shape index (κ3) is 3.84. The fourth-order valence-electron chi connectivity index (χ4n) is 6.89. The van der Waals surface area contributed by atoms with E-state index in [4.69, 9.17) is 9.32 Å². The summed E-state index contributed by atoms with van der Waals surface area (Å²) < 4.78 is 55.5. The number of rotatable bonds is 4. The van der Waals surface area contributed by atoms with Gasteiger partial charge in [-0.1, -0.05) is 19.1 Å². The van der Waals surface area contributed by atoms with Crippen LogP contribution in [0.2, 0.25) is 0 Å². The molecule has 178 valence electrons. The minimum atomic E-state index is -3.98. The van der Waals surface area contributed by atoms with Gasteiger partial charge in [0.25, 0.3) is 0 Å². The van der Waals surface area contributed by atoms with Crippen LogP contribution in [0.1, 0.15) is 56.1 Å². The largest absolute Gasteiger partial charge is 0.508 e. The predicted molar refractivity (Wildman–Crippen MR) is 124 cm³/mol. The topological polar surface area (TPSA) is 124 Å². The second-order valence-corrected chi connectivity index (χ2v) is 13.3. The Labute approximate surface area is 195 Å². The summed E-state index contributed by atoms with van der Waals surface area (Å²) in [6.45, 7) is 2.08. The maximum Gasteiger partial charge on any atom is 0.312 e. The molecule has 33 heavy (non-hydrogen) atoms. The lowest BCUT2D eigenvalue weighted by Crippen LogP contribution is -2.47. The van der Waals surface area contributed by atoms with Crippen molar-refractivity contribution in [3.8, 4) is 11.5 Å². The molecule has 0 radical (unpaired) electrons. The minimum absolute atomic E-state index is 0.0336. The number of benzene rings is 2. The van der Waals surface area contributed by atoms with Crippen LogP contribution in [0, 0.1) is 17.3 Å². The van der Waals surface area contributed by atoms with Gasteiger partial charge in [0.2, 0.25) is 10.0 Å². The Morgan fingerprint density at radius 1 is 1.03 bits per heavy atom. The van der Waals surface area contributed by atoms with E-state index in [0.717, 1.165) is 38.2 Å². The van der Waals surface area contributed by atoms with Crippen molar-refractivity contribution in [2.24, 2.45) is 22.4 Å². The number of primary sulfonamides is 1. The molecule has 3 aliphatic carbocycles. The maximum absolute atomic E-state index is 13.4. The van der Waals surface area contributed by atoms with Gasteiger partial charge in [-0.25, -0.2) is 13.6 Å². The van der Waals surface area contributed by atoms with Crippen molar-refractivity contribution in [3.63, 3.8) is 0 Å². The fourth-order valence-corrected chi connectivity index (χ4v) is 9.30. The smallest absolute Gasteiger partial charge is 0.312 e. The van der Waals surface area contributed by atoms with Gasteiger partial charge in [0.1, 0.15) is 16.7 Å². The molecule has 2 aromatic carbocycles. The molecular weight excluding hydrogens is 462 g/mol. The average molecular weight is 492 g/mol. The molecule has 7 nitrogen and oxygen atoms in total. The molecule has 9 heteroatoms. The van der Waals surface area contributed by atoms with Crippen LogP contribution in [0.5, 0.6) is 11.5 Å². The summed E-state index contributed by atoms with van der Waals surface area (Å²) >= 11 is 0. The van der Waals surface area contributed by atoms with Crippen molar-refractivity contribution in [2.75, 3.05) is 0 Å². The van der Waals surface area contributed by atoms with E-state index < -0.39 is 30.8 Å². The summed E-state index contributed by atoms with van der Waals surface area (Å²) in [5.41, 5.74) is 2.11. The monoisotopic (exact) mass is 491 g/mol. The number of aromatic hydroxyl groups is 1. The molecule has 0 aliphatic heterocycles. The first-order valence-electron chi connectivity index (χ1n) is 11.4. The number of hydrogen-bond donors (Lipinski definition) is 2. The van der Waals surface area contributed by atoms with Gasteiger partial charge in [-0.15, -0.1) is 0 Å². The van der Waals surface area contributed by atoms with Gasteiger partial charge in [-0.2, -0.15) is 8.42 Å². The van der Waals surface area contributed by atoms with E-state index in [2.05, 4.69) is 6.92 Å². The van der Waals surface area contributed by atoms with Gasteiger partial charge < -0.3 is 9.29 Å². The molecule has 2 aromatic rings. The number of phenols is 1. The zero-order valence-electron chi connectivity index (χ0n) is 18.5. The molecule has 0 amide bonds. The highest BCUT2D eigenvalue weighted by atomic mass is 32.2. The van der Waals surface area contributed by atoms with Crippen molar-refractivity contribution in [3.05, 3.63) is 53.6 Å². The molecule has 0 saturated heterocycles. The highest BCUT2D eigenvalue weighted by molar-refractivity contribution is 7.89. The quantitative estimate of drug-likeness (QED) is 0.629. The first-order valence-corrected chi connectivity index (χ1v) is 14.4. The lowest BCUT2D eigenvalue weighted by atomic mass is 9.56. The summed E-state index contributed by atoms with van der Waals surface area (Å²) in [6.07, 6.45) is 4.93. The number of nitrogens with two attached hydrogens (primary N) is 1. The molecular formula is C24H29NO6S2. The molecule has 0 bridgehead atoms. The maximum atomic E-state index is 13.4. The third-order valence-electron chi connectivity index (χ3n) is 8.32. The highest BCUT2D eigenvalue weighted by Crippen LogP contribution is 2.62. The summed E-state index contributed by atoms with van der Waals surface area (Å²) in [4.78, 5) is -0.182. The van der Waals surface area contributed by atoms with E-state index in [1.54, 1.807) is 6.07 Å². The minimum Gasteiger partial charge on any atom is -0.508 e. The van der Waals surface area contributed by atoms with E-state index in [9.17, 15) is 21.9 Å². The lowest BCUT2D eigenvalue weighted by Gasteiger charge is -2.50. The molecule has 2 fully saturated rings. The van der Waals surface area contributed by atoms with E-state index in [1.807, 2.05) is 12.1 Å². The molecule has 0 heterocycles. The Kier molecular flexibility index (Phi) is 5.30. The van der Waals surface area contributed by atoms with Gasteiger partial charge in [0, 0.05) is 6.07 Å². The van der Waals surface area contributed by atoms with E-state index >= 15 is 0 Å². The van der Waals surface area contributed by atoms with Crippen LogP contribution in [0.15, 0.2) is 47.4 Å². The Bertz CT molecular complexity index is 1310. The third-order valence-corrected chi connectivity index (χ3v) is 11.1. The molecule has 2 saturated carbocycles. The Balaban J connectivity index is 1.41. The van der Waals surface area contributed by atoms with Gasteiger partial charge in [-0.3, -0.25) is 0 Å². The second kappa shape index (κ2) is 7.71. The predicted octanol–water partition coefficient (Wildman–Crippen LogP) is 3.67. The van der Waals surface area contributed by atoms with Gasteiger partial charge in [-0.05, 0) is 97.1 Å². The van der Waals surface area contributed by atoms with Crippen LogP contribution in [0.25, 0.3) is 0 Å². The van der Waals surface area contributed by atoms with E-state index in [-0.39, 0.29) is 16.6 Å². The van der Waals surface area contributed by atoms with Crippen LogP contribution in [0.4, 0.5) is 0 Å². The van der Waals surface area contributed by atoms with Crippen molar-refractivity contribution in [2.45, 2.75) is 61.5 Å². The zero-order valence-corrected chi connectivity index (χ0v) is 20.1. The Morgan fingerprint density at radius 2 is 1.82 bits per heavy atom. The van der Waals surface area contributed by atoms with Crippen LogP contribution >= 0.6 is 0 Å². The number of phenolic OH excluding ortho intramolecular Hbond substituents is 1. The average Bonchev–Trinajstić information content (AvgIpc) is 3.11. The summed E-state index contributed by atoms with van der Waals surface area (Å²) in [5, 5.41) is 14.4. The normalized spacial score (nSPS) is 31.3. The number of hydrogen-bond acceptors (Lipinski definition) is 6. The van der Waals surface area contributed by atoms with Crippen LogP contribution in [-0.2, 0) is 26.6 Å². The summed E-state index contributed by atoms with van der Waals surface area (Å²) in [7, 11) is -7.94. The standard InChI is InChI=1S/C24H29NO6S2/c1-24-12-11-20-19-8-6-16(26)13-15(19)5-7-21(20)22(24)9-10-23(24)33(29,30)31-17-3-2-4-18(14-17)32(25,27)28/h2-4,6,8,13-14,20-23,26H,5,7,9-12H2,1H3,(H2,25,27,28)/t20?,21?,22?,23-,24-/m0/s1. The number of aryl methyl sites for hydroxylation is 1. The molecule has 3 aliphatic rings. The van der Waals surface area contributed by atoms with Gasteiger partial charge in [0.05, 0.1) is 4.90 Å². The first-order chi connectivity index (χ1) is 15.5. The fraction of sp³-hybridized carbons (Fsp3) is 0.500. The first kappa shape index (κ1) is 22.7. The molecule has 0 aromatic heterocycles. The van der Waals surface area contributed by atoms with Gasteiger partial charge >= 0.3 is 10.1 Å². The van der Waals surface area contributed by atoms with Crippen molar-refractivity contribution in [1.29, 1.82) is 0 Å². The van der Waals surface area contributed by atoms with Crippen LogP contribution in [0.3, 0.4) is 0 Å². The molecule has 3 N–H and O–H groups in total. The molecule has 3 unspecified atom stereocenters. The molecule has 5 atom stereocenters. The van der Waals surface area contributed by atoms with Crippen molar-refractivity contribution < 1.29 is 26.1 Å². The Hall–Kier alpha value is -2.10. The zero-order chi connectivity index (χ0) is 23.6. The number of sulfonamides is 1. The van der Waals surface area contributed by atoms with E-state index in [0.29, 0.717) is 24.0 Å². The number of fused-ring (bicyclic) bond motifs is 5. The van der Waals surface area contributed by atoms with Crippen molar-refractivity contribution in [1.82, 2.24) is 0 Å². The second-order valence-electron chi connectivity index (χ2n) is 10.0. The Morgan fingerprint density at radius 3 is 2.58 bits per heavy atom. The summed E-state index contributed by atoms with van der Waals surface area (Å²) in [5.74, 6) is 1.34. The molecule has 0 spiro atoms. The molecule has 5 rings (SSSR count).